The summed E-state index contributed by atoms with van der Waals surface area (Å²) in [6.07, 6.45) is 8.87. The van der Waals surface area contributed by atoms with E-state index in [9.17, 15) is 0 Å². The van der Waals surface area contributed by atoms with Crippen LogP contribution in [-0.2, 0) is 5.41 Å². The summed E-state index contributed by atoms with van der Waals surface area (Å²) in [5.41, 5.74) is 4.09. The predicted molar refractivity (Wildman–Crippen MR) is 57.2 cm³/mol. The van der Waals surface area contributed by atoms with Crippen LogP contribution in [0.2, 0.25) is 0 Å². The zero-order valence-electron chi connectivity index (χ0n) is 8.45. The van der Waals surface area contributed by atoms with Gasteiger partial charge in [0.15, 0.2) is 0 Å². The van der Waals surface area contributed by atoms with Gasteiger partial charge < -0.3 is 0 Å². The smallest absolute Gasteiger partial charge is 0.0701 e. The molecule has 1 saturated carbocycles. The van der Waals surface area contributed by atoms with Crippen LogP contribution in [-0.4, -0.2) is 10.7 Å². The van der Waals surface area contributed by atoms with Gasteiger partial charge in [-0.3, -0.25) is 9.98 Å². The van der Waals surface area contributed by atoms with E-state index in [0.717, 1.165) is 5.69 Å². The third-order valence-corrected chi connectivity index (χ3v) is 3.63. The minimum absolute atomic E-state index is 0.210. The van der Waals surface area contributed by atoms with Gasteiger partial charge in [0.25, 0.3) is 0 Å². The molecule has 0 saturated heterocycles. The molecule has 0 amide bonds. The van der Waals surface area contributed by atoms with Gasteiger partial charge >= 0.3 is 0 Å². The molecule has 0 N–H and O–H groups in total. The molecule has 0 radical (unpaired) electrons. The topological polar surface area (TPSA) is 25.2 Å². The maximum absolute atomic E-state index is 4.72. The van der Waals surface area contributed by atoms with Crippen molar-refractivity contribution in [2.75, 3.05) is 0 Å². The van der Waals surface area contributed by atoms with Gasteiger partial charge in [-0.15, -0.1) is 0 Å². The van der Waals surface area contributed by atoms with Crippen LogP contribution >= 0.6 is 0 Å². The average Bonchev–Trinajstić information content (AvgIpc) is 2.51. The van der Waals surface area contributed by atoms with Crippen LogP contribution in [0.25, 0.3) is 0 Å². The van der Waals surface area contributed by atoms with E-state index in [-0.39, 0.29) is 5.41 Å². The van der Waals surface area contributed by atoms with E-state index in [0.29, 0.717) is 0 Å². The lowest BCUT2D eigenvalue weighted by molar-refractivity contribution is 0.497. The second-order valence-electron chi connectivity index (χ2n) is 4.49. The summed E-state index contributed by atoms with van der Waals surface area (Å²) >= 11 is 0. The highest BCUT2D eigenvalue weighted by atomic mass is 14.8. The highest BCUT2D eigenvalue weighted by Crippen LogP contribution is 2.46. The third kappa shape index (κ3) is 0.912. The minimum atomic E-state index is 0.210. The van der Waals surface area contributed by atoms with Gasteiger partial charge in [-0.25, -0.2) is 0 Å². The Hall–Kier alpha value is -1.18. The maximum Gasteiger partial charge on any atom is 0.0701 e. The summed E-state index contributed by atoms with van der Waals surface area (Å²) in [5, 5.41) is 0. The molecular weight excluding hydrogens is 172 g/mol. The molecular formula is C12H14N2. The molecule has 1 unspecified atom stereocenters. The molecule has 2 heterocycles. The third-order valence-electron chi connectivity index (χ3n) is 3.63. The van der Waals surface area contributed by atoms with Crippen LogP contribution in [0, 0.1) is 0 Å². The summed E-state index contributed by atoms with van der Waals surface area (Å²) in [4.78, 5) is 8.94. The summed E-state index contributed by atoms with van der Waals surface area (Å²) in [7, 11) is 0. The molecule has 2 nitrogen and oxygen atoms in total. The molecule has 1 aromatic heterocycles. The van der Waals surface area contributed by atoms with Crippen molar-refractivity contribution in [3.05, 3.63) is 24.0 Å². The van der Waals surface area contributed by atoms with Gasteiger partial charge in [-0.05, 0) is 25.3 Å². The van der Waals surface area contributed by atoms with Crippen molar-refractivity contribution in [3.63, 3.8) is 0 Å². The summed E-state index contributed by atoms with van der Waals surface area (Å²) < 4.78 is 0. The Morgan fingerprint density at radius 1 is 1.36 bits per heavy atom. The van der Waals surface area contributed by atoms with Crippen molar-refractivity contribution in [2.24, 2.45) is 4.99 Å². The van der Waals surface area contributed by atoms with Gasteiger partial charge in [0.05, 0.1) is 5.69 Å². The van der Waals surface area contributed by atoms with Gasteiger partial charge in [-0.1, -0.05) is 13.3 Å². The quantitative estimate of drug-likeness (QED) is 0.611. The molecule has 0 aromatic carbocycles. The van der Waals surface area contributed by atoms with Crippen molar-refractivity contribution in [2.45, 2.75) is 38.0 Å². The zero-order chi connectivity index (χ0) is 9.60. The minimum Gasteiger partial charge on any atom is -0.264 e. The molecule has 14 heavy (non-hydrogen) atoms. The van der Waals surface area contributed by atoms with Crippen molar-refractivity contribution in [1.82, 2.24) is 4.98 Å². The van der Waals surface area contributed by atoms with Crippen LogP contribution in [0.3, 0.4) is 0 Å². The van der Waals surface area contributed by atoms with Gasteiger partial charge in [-0.2, -0.15) is 0 Å². The molecule has 2 aliphatic rings. The molecule has 3 rings (SSSR count). The second kappa shape index (κ2) is 2.66. The fourth-order valence-electron chi connectivity index (χ4n) is 2.72. The Labute approximate surface area is 84.1 Å². The molecule has 1 atom stereocenters. The van der Waals surface area contributed by atoms with Crippen LogP contribution in [0.15, 0.2) is 23.5 Å². The first-order valence-electron chi connectivity index (χ1n) is 5.33. The summed E-state index contributed by atoms with van der Waals surface area (Å²) in [6.45, 7) is 2.32. The summed E-state index contributed by atoms with van der Waals surface area (Å²) in [5.74, 6) is 0. The zero-order valence-corrected chi connectivity index (χ0v) is 8.45. The van der Waals surface area contributed by atoms with Crippen LogP contribution in [0.1, 0.15) is 38.2 Å². The predicted octanol–water partition coefficient (Wildman–Crippen LogP) is 3.00. The van der Waals surface area contributed by atoms with E-state index in [1.54, 1.807) is 0 Å². The highest BCUT2D eigenvalue weighted by Gasteiger charge is 2.40. The van der Waals surface area contributed by atoms with Crippen molar-refractivity contribution < 1.29 is 0 Å². The number of rotatable bonds is 0. The monoisotopic (exact) mass is 186 g/mol. The van der Waals surface area contributed by atoms with Gasteiger partial charge in [0.1, 0.15) is 0 Å². The van der Waals surface area contributed by atoms with Crippen LogP contribution < -0.4 is 0 Å². The molecule has 72 valence electrons. The van der Waals surface area contributed by atoms with Gasteiger partial charge in [0, 0.05) is 29.1 Å². The first-order valence-corrected chi connectivity index (χ1v) is 5.33. The molecule has 1 fully saturated rings. The van der Waals surface area contributed by atoms with E-state index in [1.165, 1.54) is 37.0 Å². The lowest BCUT2D eigenvalue weighted by Crippen LogP contribution is -2.32. The summed E-state index contributed by atoms with van der Waals surface area (Å²) in [6, 6.07) is 2.03. The van der Waals surface area contributed by atoms with Gasteiger partial charge in [0.2, 0.25) is 0 Å². The van der Waals surface area contributed by atoms with Crippen molar-refractivity contribution in [3.8, 4) is 0 Å². The normalized spacial score (nSPS) is 29.4. The number of nitrogens with zero attached hydrogens (tertiary/aromatic N) is 2. The standard InChI is InChI=1S/C12H14N2/c1-12-6-3-2-4-11(12)14-10-5-7-13-8-9(10)12/h5,7-8H,2-4,6H2,1H3. The average molecular weight is 186 g/mol. The van der Waals surface area contributed by atoms with Crippen LogP contribution in [0.5, 0.6) is 0 Å². The molecule has 1 aliphatic carbocycles. The molecule has 0 bridgehead atoms. The number of fused-ring (bicyclic) bond motifs is 3. The largest absolute Gasteiger partial charge is 0.264 e. The van der Waals surface area contributed by atoms with Crippen LogP contribution in [0.4, 0.5) is 5.69 Å². The maximum atomic E-state index is 4.72. The molecule has 1 aromatic rings. The fraction of sp³-hybridized carbons (Fsp3) is 0.500. The number of aliphatic imine (C=N–C) groups is 1. The molecule has 0 spiro atoms. The lowest BCUT2D eigenvalue weighted by atomic mass is 9.71. The first-order chi connectivity index (χ1) is 6.81. The Bertz CT molecular complexity index is 409. The first kappa shape index (κ1) is 8.16. The Kier molecular flexibility index (Phi) is 1.55. The second-order valence-corrected chi connectivity index (χ2v) is 4.49. The van der Waals surface area contributed by atoms with Crippen molar-refractivity contribution >= 4 is 11.4 Å². The SMILES string of the molecule is CC12CCCCC1=Nc1ccncc12. The highest BCUT2D eigenvalue weighted by molar-refractivity contribution is 6.01. The number of hydrogen-bond acceptors (Lipinski definition) is 2. The van der Waals surface area contributed by atoms with E-state index in [2.05, 4.69) is 11.9 Å². The Balaban J connectivity index is 2.18. The number of pyridine rings is 1. The van der Waals surface area contributed by atoms with E-state index < -0.39 is 0 Å². The number of hydrogen-bond donors (Lipinski definition) is 0. The van der Waals surface area contributed by atoms with E-state index in [4.69, 9.17) is 4.99 Å². The Morgan fingerprint density at radius 2 is 2.29 bits per heavy atom. The molecule has 2 heteroatoms. The molecule has 1 aliphatic heterocycles. The van der Waals surface area contributed by atoms with E-state index in [1.807, 2.05) is 18.5 Å². The van der Waals surface area contributed by atoms with Crippen molar-refractivity contribution in [1.29, 1.82) is 0 Å². The lowest BCUT2D eigenvalue weighted by Gasteiger charge is -2.31. The fourth-order valence-corrected chi connectivity index (χ4v) is 2.72. The van der Waals surface area contributed by atoms with E-state index >= 15 is 0 Å². The number of aromatic nitrogens is 1. The Morgan fingerprint density at radius 3 is 3.21 bits per heavy atom.